The maximum Gasteiger partial charge on any atom is 0.338 e. The summed E-state index contributed by atoms with van der Waals surface area (Å²) in [5.41, 5.74) is 0.424. The molecule has 1 unspecified atom stereocenters. The highest BCUT2D eigenvalue weighted by atomic mass is 19.1. The van der Waals surface area contributed by atoms with Crippen molar-refractivity contribution in [2.45, 2.75) is 25.3 Å². The van der Waals surface area contributed by atoms with Crippen LogP contribution in [0.1, 0.15) is 39.1 Å². The van der Waals surface area contributed by atoms with E-state index < -0.39 is 16.8 Å². The molecule has 1 aliphatic rings. The standard InChI is InChI=1S/C20H19FN2O5/c1-28-20(25)15-10-14(11-18(12-15)23(26)27)19(24)22-7-3-6-17(22)9-13-4-2-5-16(21)8-13/h2,4-5,8,10-12,17H,3,6-7,9H2,1H3. The third-order valence-corrected chi connectivity index (χ3v) is 4.79. The van der Waals surface area contributed by atoms with Gasteiger partial charge in [-0.2, -0.15) is 0 Å². The largest absolute Gasteiger partial charge is 0.465 e. The molecule has 3 rings (SSSR count). The predicted molar refractivity (Wildman–Crippen MR) is 98.6 cm³/mol. The lowest BCUT2D eigenvalue weighted by molar-refractivity contribution is -0.384. The van der Waals surface area contributed by atoms with E-state index in [0.29, 0.717) is 13.0 Å². The Kier molecular flexibility index (Phi) is 5.67. The van der Waals surface area contributed by atoms with E-state index in [1.165, 1.54) is 18.2 Å². The number of hydrogen-bond donors (Lipinski definition) is 0. The van der Waals surface area contributed by atoms with Crippen LogP contribution in [0, 0.1) is 15.9 Å². The number of esters is 1. The Labute approximate surface area is 160 Å². The van der Waals surface area contributed by atoms with Gasteiger partial charge in [-0.05, 0) is 43.0 Å². The van der Waals surface area contributed by atoms with Crippen molar-refractivity contribution in [3.05, 3.63) is 75.1 Å². The first-order valence-electron chi connectivity index (χ1n) is 8.82. The highest BCUT2D eigenvalue weighted by Gasteiger charge is 2.31. The predicted octanol–water partition coefficient (Wildman–Crippen LogP) is 3.37. The summed E-state index contributed by atoms with van der Waals surface area (Å²) in [6.07, 6.45) is 2.02. The Morgan fingerprint density at radius 3 is 2.68 bits per heavy atom. The molecule has 0 radical (unpaired) electrons. The molecule has 28 heavy (non-hydrogen) atoms. The Morgan fingerprint density at radius 1 is 1.25 bits per heavy atom. The molecule has 1 aliphatic heterocycles. The lowest BCUT2D eigenvalue weighted by Crippen LogP contribution is -2.37. The summed E-state index contributed by atoms with van der Waals surface area (Å²) in [5, 5.41) is 11.2. The maximum atomic E-state index is 13.4. The van der Waals surface area contributed by atoms with Crippen molar-refractivity contribution in [3.8, 4) is 0 Å². The summed E-state index contributed by atoms with van der Waals surface area (Å²) in [5.74, 6) is -1.49. The van der Waals surface area contributed by atoms with Crippen LogP contribution in [-0.4, -0.2) is 41.4 Å². The number of nitro benzene ring substituents is 1. The lowest BCUT2D eigenvalue weighted by Gasteiger charge is -2.25. The van der Waals surface area contributed by atoms with Crippen LogP contribution in [0.4, 0.5) is 10.1 Å². The van der Waals surface area contributed by atoms with Crippen molar-refractivity contribution in [1.82, 2.24) is 4.90 Å². The number of amides is 1. The van der Waals surface area contributed by atoms with Gasteiger partial charge in [-0.25, -0.2) is 9.18 Å². The number of carbonyl (C=O) groups excluding carboxylic acids is 2. The molecule has 146 valence electrons. The minimum absolute atomic E-state index is 0.0547. The molecule has 1 atom stereocenters. The van der Waals surface area contributed by atoms with Gasteiger partial charge in [-0.3, -0.25) is 14.9 Å². The van der Waals surface area contributed by atoms with E-state index in [1.54, 1.807) is 17.0 Å². The molecule has 0 N–H and O–H groups in total. The van der Waals surface area contributed by atoms with Crippen LogP contribution in [0.15, 0.2) is 42.5 Å². The first-order chi connectivity index (χ1) is 13.4. The SMILES string of the molecule is COC(=O)c1cc(C(=O)N2CCCC2Cc2cccc(F)c2)cc([N+](=O)[O-])c1. The average molecular weight is 386 g/mol. The minimum atomic E-state index is -0.754. The van der Waals surface area contributed by atoms with E-state index in [2.05, 4.69) is 4.74 Å². The zero-order valence-electron chi connectivity index (χ0n) is 15.3. The number of carbonyl (C=O) groups is 2. The summed E-state index contributed by atoms with van der Waals surface area (Å²) in [6, 6.07) is 9.61. The van der Waals surface area contributed by atoms with Crippen molar-refractivity contribution < 1.29 is 23.6 Å². The number of rotatable bonds is 5. The fraction of sp³-hybridized carbons (Fsp3) is 0.300. The maximum absolute atomic E-state index is 13.4. The number of halogens is 1. The second-order valence-electron chi connectivity index (χ2n) is 6.65. The van der Waals surface area contributed by atoms with Gasteiger partial charge in [-0.15, -0.1) is 0 Å². The molecule has 1 saturated heterocycles. The number of methoxy groups -OCH3 is 1. The summed E-state index contributed by atoms with van der Waals surface area (Å²) < 4.78 is 18.1. The molecule has 0 aromatic heterocycles. The highest BCUT2D eigenvalue weighted by Crippen LogP contribution is 2.26. The third-order valence-electron chi connectivity index (χ3n) is 4.79. The summed E-state index contributed by atoms with van der Waals surface area (Å²) in [4.78, 5) is 37.0. The first-order valence-corrected chi connectivity index (χ1v) is 8.82. The highest BCUT2D eigenvalue weighted by molar-refractivity contribution is 5.99. The fourth-order valence-corrected chi connectivity index (χ4v) is 3.49. The van der Waals surface area contributed by atoms with Gasteiger partial charge < -0.3 is 9.64 Å². The number of non-ortho nitro benzene ring substituents is 1. The molecule has 1 amide bonds. The quantitative estimate of drug-likeness (QED) is 0.446. The first kappa shape index (κ1) is 19.5. The van der Waals surface area contributed by atoms with Crippen LogP contribution < -0.4 is 0 Å². The second kappa shape index (κ2) is 8.16. The van der Waals surface area contributed by atoms with Gasteiger partial charge in [-0.1, -0.05) is 12.1 Å². The molecule has 2 aromatic carbocycles. The summed E-state index contributed by atoms with van der Waals surface area (Å²) >= 11 is 0. The number of nitro groups is 1. The van der Waals surface area contributed by atoms with Gasteiger partial charge in [0.05, 0.1) is 17.6 Å². The van der Waals surface area contributed by atoms with E-state index in [4.69, 9.17) is 0 Å². The molecule has 1 heterocycles. The van der Waals surface area contributed by atoms with E-state index in [9.17, 15) is 24.1 Å². The zero-order valence-corrected chi connectivity index (χ0v) is 15.3. The lowest BCUT2D eigenvalue weighted by atomic mass is 10.0. The smallest absolute Gasteiger partial charge is 0.338 e. The molecule has 0 bridgehead atoms. The second-order valence-corrected chi connectivity index (χ2v) is 6.65. The topological polar surface area (TPSA) is 89.8 Å². The van der Waals surface area contributed by atoms with Crippen molar-refractivity contribution in [2.24, 2.45) is 0 Å². The van der Waals surface area contributed by atoms with E-state index >= 15 is 0 Å². The number of likely N-dealkylation sites (tertiary alicyclic amines) is 1. The molecule has 2 aromatic rings. The van der Waals surface area contributed by atoms with Crippen molar-refractivity contribution in [1.29, 1.82) is 0 Å². The third kappa shape index (κ3) is 4.16. The van der Waals surface area contributed by atoms with Gasteiger partial charge in [0.15, 0.2) is 0 Å². The molecule has 1 fully saturated rings. The van der Waals surface area contributed by atoms with Gasteiger partial charge >= 0.3 is 5.97 Å². The van der Waals surface area contributed by atoms with Gasteiger partial charge in [0.1, 0.15) is 5.82 Å². The molecule has 0 aliphatic carbocycles. The number of ether oxygens (including phenoxy) is 1. The normalized spacial score (nSPS) is 16.1. The van der Waals surface area contributed by atoms with Crippen LogP contribution in [0.2, 0.25) is 0 Å². The van der Waals surface area contributed by atoms with Crippen LogP contribution in [-0.2, 0) is 11.2 Å². The van der Waals surface area contributed by atoms with E-state index in [0.717, 1.165) is 37.6 Å². The summed E-state index contributed by atoms with van der Waals surface area (Å²) in [7, 11) is 1.16. The number of benzene rings is 2. The summed E-state index contributed by atoms with van der Waals surface area (Å²) in [6.45, 7) is 0.495. The Morgan fingerprint density at radius 2 is 2.00 bits per heavy atom. The van der Waals surface area contributed by atoms with Crippen LogP contribution >= 0.6 is 0 Å². The fourth-order valence-electron chi connectivity index (χ4n) is 3.49. The molecule has 0 spiro atoms. The molecular weight excluding hydrogens is 367 g/mol. The number of nitrogens with zero attached hydrogens (tertiary/aromatic N) is 2. The Balaban J connectivity index is 1.88. The van der Waals surface area contributed by atoms with Gasteiger partial charge in [0.2, 0.25) is 0 Å². The van der Waals surface area contributed by atoms with Gasteiger partial charge in [0.25, 0.3) is 11.6 Å². The average Bonchev–Trinajstić information content (AvgIpc) is 3.14. The number of hydrogen-bond acceptors (Lipinski definition) is 5. The van der Waals surface area contributed by atoms with Crippen LogP contribution in [0.5, 0.6) is 0 Å². The molecule has 0 saturated carbocycles. The van der Waals surface area contributed by atoms with Crippen LogP contribution in [0.25, 0.3) is 0 Å². The van der Waals surface area contributed by atoms with Crippen molar-refractivity contribution in [3.63, 3.8) is 0 Å². The van der Waals surface area contributed by atoms with Crippen molar-refractivity contribution >= 4 is 17.6 Å². The molecule has 7 nitrogen and oxygen atoms in total. The van der Waals surface area contributed by atoms with Gasteiger partial charge in [0, 0.05) is 30.3 Å². The molecule has 8 heteroatoms. The zero-order chi connectivity index (χ0) is 20.3. The van der Waals surface area contributed by atoms with E-state index in [-0.39, 0.29) is 28.7 Å². The molecular formula is C20H19FN2O5. The van der Waals surface area contributed by atoms with E-state index in [1.807, 2.05) is 0 Å². The minimum Gasteiger partial charge on any atom is -0.465 e. The van der Waals surface area contributed by atoms with Crippen molar-refractivity contribution in [2.75, 3.05) is 13.7 Å². The Bertz CT molecular complexity index is 931. The Hall–Kier alpha value is -3.29. The van der Waals surface area contributed by atoms with Crippen LogP contribution in [0.3, 0.4) is 0 Å². The monoisotopic (exact) mass is 386 g/mol.